The maximum atomic E-state index is 13.3. The fourth-order valence-corrected chi connectivity index (χ4v) is 3.95. The molecular formula is C26H25FN4O3. The number of anilines is 4. The molecule has 3 aromatic carbocycles. The van der Waals surface area contributed by atoms with E-state index in [1.807, 2.05) is 38.1 Å². The summed E-state index contributed by atoms with van der Waals surface area (Å²) in [6.07, 6.45) is -0.153. The molecule has 3 N–H and O–H groups in total. The van der Waals surface area contributed by atoms with Crippen LogP contribution in [0.1, 0.15) is 17.5 Å². The molecule has 7 nitrogen and oxygen atoms in total. The van der Waals surface area contributed by atoms with E-state index in [9.17, 15) is 18.8 Å². The lowest BCUT2D eigenvalue weighted by Gasteiger charge is -2.34. The smallest absolute Gasteiger partial charge is 0.250 e. The summed E-state index contributed by atoms with van der Waals surface area (Å²) in [5.74, 6) is -1.54. The summed E-state index contributed by atoms with van der Waals surface area (Å²) in [7, 11) is 0. The minimum atomic E-state index is -0.858. The van der Waals surface area contributed by atoms with E-state index in [0.29, 0.717) is 17.1 Å². The van der Waals surface area contributed by atoms with Crippen molar-refractivity contribution in [2.45, 2.75) is 26.3 Å². The number of hydrogen-bond acceptors (Lipinski definition) is 4. The molecule has 0 aromatic heterocycles. The second kappa shape index (κ2) is 9.74. The van der Waals surface area contributed by atoms with Crippen LogP contribution in [0.2, 0.25) is 0 Å². The molecule has 1 heterocycles. The van der Waals surface area contributed by atoms with Gasteiger partial charge in [-0.2, -0.15) is 0 Å². The van der Waals surface area contributed by atoms with E-state index in [-0.39, 0.29) is 24.8 Å². The number of aryl methyl sites for hydroxylation is 2. The van der Waals surface area contributed by atoms with Crippen LogP contribution in [0.5, 0.6) is 0 Å². The van der Waals surface area contributed by atoms with Crippen LogP contribution in [0.15, 0.2) is 66.7 Å². The molecule has 1 atom stereocenters. The van der Waals surface area contributed by atoms with E-state index >= 15 is 0 Å². The number of amides is 3. The lowest BCUT2D eigenvalue weighted by Crippen LogP contribution is -2.51. The Morgan fingerprint density at radius 2 is 1.59 bits per heavy atom. The number of nitrogens with zero attached hydrogens (tertiary/aromatic N) is 1. The predicted octanol–water partition coefficient (Wildman–Crippen LogP) is 4.24. The Morgan fingerprint density at radius 3 is 2.29 bits per heavy atom. The Morgan fingerprint density at radius 1 is 0.912 bits per heavy atom. The number of carbonyl (C=O) groups is 3. The van der Waals surface area contributed by atoms with Gasteiger partial charge in [0.15, 0.2) is 0 Å². The minimum Gasteiger partial charge on any atom is -0.372 e. The normalized spacial score (nSPS) is 14.7. The largest absolute Gasteiger partial charge is 0.372 e. The molecular weight excluding hydrogens is 435 g/mol. The van der Waals surface area contributed by atoms with Crippen molar-refractivity contribution in [2.75, 3.05) is 27.4 Å². The van der Waals surface area contributed by atoms with E-state index in [1.54, 1.807) is 18.2 Å². The van der Waals surface area contributed by atoms with Gasteiger partial charge in [0.05, 0.1) is 17.8 Å². The predicted molar refractivity (Wildman–Crippen MR) is 130 cm³/mol. The highest BCUT2D eigenvalue weighted by Crippen LogP contribution is 2.32. The maximum absolute atomic E-state index is 13.3. The zero-order valence-corrected chi connectivity index (χ0v) is 18.9. The van der Waals surface area contributed by atoms with Crippen molar-refractivity contribution in [1.82, 2.24) is 0 Å². The lowest BCUT2D eigenvalue weighted by atomic mass is 10.1. The number of nitrogens with one attached hydrogen (secondary N) is 3. The molecule has 174 valence electrons. The summed E-state index contributed by atoms with van der Waals surface area (Å²) in [5.41, 5.74) is 4.23. The Bertz CT molecular complexity index is 1220. The first-order valence-electron chi connectivity index (χ1n) is 10.9. The van der Waals surface area contributed by atoms with Crippen LogP contribution in [-0.2, 0) is 14.4 Å². The highest BCUT2D eigenvalue weighted by Gasteiger charge is 2.34. The van der Waals surface area contributed by atoms with Crippen LogP contribution >= 0.6 is 0 Å². The van der Waals surface area contributed by atoms with Crippen molar-refractivity contribution in [3.8, 4) is 0 Å². The van der Waals surface area contributed by atoms with E-state index in [1.165, 1.54) is 29.2 Å². The Hall–Kier alpha value is -4.20. The summed E-state index contributed by atoms with van der Waals surface area (Å²) < 4.78 is 13.1. The lowest BCUT2D eigenvalue weighted by molar-refractivity contribution is -0.124. The van der Waals surface area contributed by atoms with Gasteiger partial charge >= 0.3 is 0 Å². The van der Waals surface area contributed by atoms with Crippen LogP contribution in [0.25, 0.3) is 0 Å². The molecule has 0 saturated carbocycles. The zero-order chi connectivity index (χ0) is 24.2. The van der Waals surface area contributed by atoms with Gasteiger partial charge in [-0.05, 0) is 61.4 Å². The first-order chi connectivity index (χ1) is 16.3. The van der Waals surface area contributed by atoms with Crippen LogP contribution < -0.4 is 20.9 Å². The topological polar surface area (TPSA) is 90.5 Å². The monoisotopic (exact) mass is 460 g/mol. The van der Waals surface area contributed by atoms with E-state index < -0.39 is 17.8 Å². The molecule has 0 radical (unpaired) electrons. The highest BCUT2D eigenvalue weighted by atomic mass is 19.1. The van der Waals surface area contributed by atoms with Gasteiger partial charge in [-0.1, -0.05) is 30.3 Å². The van der Waals surface area contributed by atoms with Crippen molar-refractivity contribution in [1.29, 1.82) is 0 Å². The Balaban J connectivity index is 1.50. The fraction of sp³-hybridized carbons (Fsp3) is 0.192. The second-order valence-electron chi connectivity index (χ2n) is 8.21. The molecule has 0 spiro atoms. The molecule has 0 unspecified atom stereocenters. The van der Waals surface area contributed by atoms with Crippen LogP contribution in [0.4, 0.5) is 27.1 Å². The molecule has 0 aliphatic carbocycles. The molecule has 4 rings (SSSR count). The molecule has 3 aromatic rings. The third kappa shape index (κ3) is 5.06. The summed E-state index contributed by atoms with van der Waals surface area (Å²) in [6.45, 7) is 3.62. The first kappa shape index (κ1) is 23.0. The van der Waals surface area contributed by atoms with Gasteiger partial charge in [-0.3, -0.25) is 19.3 Å². The Kier molecular flexibility index (Phi) is 6.58. The molecule has 8 heteroatoms. The zero-order valence-electron chi connectivity index (χ0n) is 18.9. The van der Waals surface area contributed by atoms with Gasteiger partial charge in [-0.15, -0.1) is 0 Å². The number of carbonyl (C=O) groups excluding carboxylic acids is 3. The van der Waals surface area contributed by atoms with Crippen molar-refractivity contribution >= 4 is 40.5 Å². The van der Waals surface area contributed by atoms with Gasteiger partial charge in [0.1, 0.15) is 18.4 Å². The maximum Gasteiger partial charge on any atom is 0.250 e. The molecule has 0 saturated heterocycles. The van der Waals surface area contributed by atoms with Gasteiger partial charge in [0.25, 0.3) is 5.91 Å². The van der Waals surface area contributed by atoms with Crippen molar-refractivity contribution in [3.63, 3.8) is 0 Å². The minimum absolute atomic E-state index is 0.153. The van der Waals surface area contributed by atoms with Crippen molar-refractivity contribution in [3.05, 3.63) is 83.7 Å². The van der Waals surface area contributed by atoms with Gasteiger partial charge in [0, 0.05) is 11.4 Å². The second-order valence-corrected chi connectivity index (χ2v) is 8.21. The number of hydrogen-bond donors (Lipinski definition) is 3. The van der Waals surface area contributed by atoms with Gasteiger partial charge < -0.3 is 16.0 Å². The van der Waals surface area contributed by atoms with Crippen molar-refractivity contribution < 1.29 is 18.8 Å². The number of fused-ring (bicyclic) bond motifs is 1. The van der Waals surface area contributed by atoms with Crippen molar-refractivity contribution in [2.24, 2.45) is 0 Å². The molecule has 34 heavy (non-hydrogen) atoms. The summed E-state index contributed by atoms with van der Waals surface area (Å²) in [6, 6.07) is 17.4. The number of rotatable bonds is 6. The third-order valence-corrected chi connectivity index (χ3v) is 5.65. The molecule has 1 aliphatic rings. The summed E-state index contributed by atoms with van der Waals surface area (Å²) in [4.78, 5) is 40.2. The fourth-order valence-electron chi connectivity index (χ4n) is 3.95. The van der Waals surface area contributed by atoms with Gasteiger partial charge in [-0.25, -0.2) is 4.39 Å². The SMILES string of the molecule is Cc1cccc(C)c1NC(=O)CN1C(=O)[C@@H](CC(=O)Nc2ccc(F)cc2)Nc2ccccc21. The molecule has 0 fully saturated rings. The Labute approximate surface area is 197 Å². The third-order valence-electron chi connectivity index (χ3n) is 5.65. The van der Waals surface area contributed by atoms with E-state index in [0.717, 1.165) is 16.8 Å². The number of benzene rings is 3. The molecule has 1 aliphatic heterocycles. The average Bonchev–Trinajstić information content (AvgIpc) is 2.80. The quantitative estimate of drug-likeness (QED) is 0.513. The average molecular weight is 461 g/mol. The first-order valence-corrected chi connectivity index (χ1v) is 10.9. The standard InChI is InChI=1S/C26H25FN4O3/c1-16-6-5-7-17(2)25(16)30-24(33)15-31-22-9-4-3-8-20(22)29-21(26(31)34)14-23(32)28-19-12-10-18(27)11-13-19/h3-13,21,29H,14-15H2,1-2H3,(H,28,32)(H,30,33)/t21-/m1/s1. The van der Waals surface area contributed by atoms with Crippen LogP contribution in [0.3, 0.4) is 0 Å². The van der Waals surface area contributed by atoms with E-state index in [4.69, 9.17) is 0 Å². The molecule has 0 bridgehead atoms. The van der Waals surface area contributed by atoms with Crippen LogP contribution in [-0.4, -0.2) is 30.3 Å². The number of para-hydroxylation sites is 3. The molecule has 3 amide bonds. The van der Waals surface area contributed by atoms with Crippen LogP contribution in [0, 0.1) is 19.7 Å². The summed E-state index contributed by atoms with van der Waals surface area (Å²) >= 11 is 0. The summed E-state index contributed by atoms with van der Waals surface area (Å²) in [5, 5.41) is 8.67. The van der Waals surface area contributed by atoms with Gasteiger partial charge in [0.2, 0.25) is 11.8 Å². The van der Waals surface area contributed by atoms with E-state index in [2.05, 4.69) is 16.0 Å². The number of halogens is 1. The highest BCUT2D eigenvalue weighted by molar-refractivity contribution is 6.11.